The van der Waals surface area contributed by atoms with Gasteiger partial charge in [0.1, 0.15) is 0 Å². The molecule has 4 atom stereocenters. The van der Waals surface area contributed by atoms with E-state index in [1.54, 1.807) is 0 Å². The van der Waals surface area contributed by atoms with E-state index in [0.717, 1.165) is 17.8 Å². The van der Waals surface area contributed by atoms with Crippen LogP contribution in [0.15, 0.2) is 0 Å². The molecule has 0 aromatic carbocycles. The Morgan fingerprint density at radius 1 is 1.24 bits per heavy atom. The minimum Gasteiger partial charge on any atom is -0.327 e. The topological polar surface area (TPSA) is 26.0 Å². The highest BCUT2D eigenvalue weighted by Crippen LogP contribution is 2.33. The molecule has 17 heavy (non-hydrogen) atoms. The highest BCUT2D eigenvalue weighted by molar-refractivity contribution is 4.81. The maximum absolute atomic E-state index is 6.43. The van der Waals surface area contributed by atoms with Gasteiger partial charge in [0, 0.05) is 6.04 Å². The molecule has 0 aromatic heterocycles. The summed E-state index contributed by atoms with van der Waals surface area (Å²) in [5, 5.41) is 0. The molecule has 0 amide bonds. The highest BCUT2D eigenvalue weighted by Gasteiger charge is 2.26. The number of nitrogens with two attached hydrogens (primary N) is 1. The average molecular weight is 239 g/mol. The van der Waals surface area contributed by atoms with Crippen molar-refractivity contribution in [2.75, 3.05) is 0 Å². The smallest absolute Gasteiger partial charge is 0.00698 e. The molecular weight excluding hydrogens is 206 g/mol. The van der Waals surface area contributed by atoms with E-state index in [0.29, 0.717) is 11.5 Å². The fourth-order valence-corrected chi connectivity index (χ4v) is 3.66. The fourth-order valence-electron chi connectivity index (χ4n) is 3.66. The maximum atomic E-state index is 6.43. The van der Waals surface area contributed by atoms with Gasteiger partial charge in [-0.1, -0.05) is 47.5 Å². The van der Waals surface area contributed by atoms with E-state index in [1.807, 2.05) is 0 Å². The molecule has 1 saturated carbocycles. The third-order valence-corrected chi connectivity index (χ3v) is 4.22. The summed E-state index contributed by atoms with van der Waals surface area (Å²) in [6.07, 6.45) is 8.06. The van der Waals surface area contributed by atoms with Crippen molar-refractivity contribution < 1.29 is 0 Å². The average Bonchev–Trinajstić information content (AvgIpc) is 2.14. The molecule has 1 fully saturated rings. The lowest BCUT2D eigenvalue weighted by atomic mass is 9.75. The van der Waals surface area contributed by atoms with Crippen molar-refractivity contribution in [3.8, 4) is 0 Å². The van der Waals surface area contributed by atoms with Gasteiger partial charge in [0.2, 0.25) is 0 Å². The van der Waals surface area contributed by atoms with Crippen molar-refractivity contribution in [3.05, 3.63) is 0 Å². The van der Waals surface area contributed by atoms with Gasteiger partial charge in [-0.3, -0.25) is 0 Å². The molecular formula is C16H33N. The lowest BCUT2D eigenvalue weighted by Crippen LogP contribution is -2.35. The van der Waals surface area contributed by atoms with Crippen LogP contribution >= 0.6 is 0 Å². The number of hydrogen-bond donors (Lipinski definition) is 1. The summed E-state index contributed by atoms with van der Waals surface area (Å²) in [6.45, 7) is 11.8. The predicted octanol–water partition coefficient (Wildman–Crippen LogP) is 4.60. The molecule has 0 heterocycles. The van der Waals surface area contributed by atoms with E-state index in [-0.39, 0.29) is 0 Å². The van der Waals surface area contributed by atoms with Crippen molar-refractivity contribution in [2.24, 2.45) is 28.9 Å². The van der Waals surface area contributed by atoms with Crippen molar-refractivity contribution in [1.29, 1.82) is 0 Å². The van der Waals surface area contributed by atoms with Gasteiger partial charge in [-0.2, -0.15) is 0 Å². The molecule has 0 spiro atoms. The Labute approximate surface area is 109 Å². The minimum absolute atomic E-state index is 0.440. The number of rotatable bonds is 4. The Bertz CT molecular complexity index is 216. The summed E-state index contributed by atoms with van der Waals surface area (Å²) in [6, 6.07) is 0.440. The molecule has 102 valence electrons. The van der Waals surface area contributed by atoms with Crippen molar-refractivity contribution in [1.82, 2.24) is 0 Å². The molecule has 0 bridgehead atoms. The van der Waals surface area contributed by atoms with Gasteiger partial charge < -0.3 is 5.73 Å². The fraction of sp³-hybridized carbons (Fsp3) is 1.00. The SMILES string of the molecule is CC1CCCC(C(N)CC(C)CC(C)(C)C)C1. The Balaban J connectivity index is 2.34. The summed E-state index contributed by atoms with van der Waals surface area (Å²) in [5.41, 5.74) is 6.87. The van der Waals surface area contributed by atoms with Crippen LogP contribution in [-0.2, 0) is 0 Å². The first-order valence-electron chi connectivity index (χ1n) is 7.53. The van der Waals surface area contributed by atoms with E-state index in [1.165, 1.54) is 38.5 Å². The van der Waals surface area contributed by atoms with Crippen LogP contribution in [0.4, 0.5) is 0 Å². The maximum Gasteiger partial charge on any atom is 0.00698 e. The summed E-state index contributed by atoms with van der Waals surface area (Å²) >= 11 is 0. The molecule has 2 N–H and O–H groups in total. The van der Waals surface area contributed by atoms with E-state index < -0.39 is 0 Å². The third-order valence-electron chi connectivity index (χ3n) is 4.22. The highest BCUT2D eigenvalue weighted by atomic mass is 14.7. The van der Waals surface area contributed by atoms with Crippen LogP contribution < -0.4 is 5.73 Å². The zero-order valence-electron chi connectivity index (χ0n) is 12.6. The second kappa shape index (κ2) is 6.22. The quantitative estimate of drug-likeness (QED) is 0.762. The molecule has 0 aromatic rings. The molecule has 1 heteroatoms. The van der Waals surface area contributed by atoms with Gasteiger partial charge in [0.25, 0.3) is 0 Å². The van der Waals surface area contributed by atoms with Gasteiger partial charge in [0.15, 0.2) is 0 Å². The normalized spacial score (nSPS) is 30.0. The van der Waals surface area contributed by atoms with Crippen LogP contribution in [0.5, 0.6) is 0 Å². The van der Waals surface area contributed by atoms with Crippen LogP contribution in [0.3, 0.4) is 0 Å². The standard InChI is InChI=1S/C16H33N/c1-12-7-6-8-14(9-12)15(17)10-13(2)11-16(3,4)5/h12-15H,6-11,17H2,1-5H3. The van der Waals surface area contributed by atoms with Crippen molar-refractivity contribution in [3.63, 3.8) is 0 Å². The summed E-state index contributed by atoms with van der Waals surface area (Å²) in [4.78, 5) is 0. The van der Waals surface area contributed by atoms with Crippen LogP contribution in [0.2, 0.25) is 0 Å². The van der Waals surface area contributed by atoms with Crippen LogP contribution in [0.1, 0.15) is 73.1 Å². The zero-order chi connectivity index (χ0) is 13.1. The molecule has 4 unspecified atom stereocenters. The third kappa shape index (κ3) is 5.90. The first-order chi connectivity index (χ1) is 7.78. The molecule has 1 rings (SSSR count). The second-order valence-electron chi connectivity index (χ2n) is 7.80. The summed E-state index contributed by atoms with van der Waals surface area (Å²) in [5.74, 6) is 2.46. The molecule has 0 radical (unpaired) electrons. The molecule has 0 aliphatic heterocycles. The van der Waals surface area contributed by atoms with E-state index in [2.05, 4.69) is 34.6 Å². The van der Waals surface area contributed by atoms with Gasteiger partial charge >= 0.3 is 0 Å². The van der Waals surface area contributed by atoms with Crippen LogP contribution in [0, 0.1) is 23.2 Å². The Morgan fingerprint density at radius 3 is 2.41 bits per heavy atom. The number of hydrogen-bond acceptors (Lipinski definition) is 1. The van der Waals surface area contributed by atoms with E-state index in [9.17, 15) is 0 Å². The molecule has 1 aliphatic rings. The molecule has 1 aliphatic carbocycles. The Kier molecular flexibility index (Phi) is 5.50. The van der Waals surface area contributed by atoms with Crippen LogP contribution in [-0.4, -0.2) is 6.04 Å². The van der Waals surface area contributed by atoms with E-state index in [4.69, 9.17) is 5.73 Å². The minimum atomic E-state index is 0.440. The van der Waals surface area contributed by atoms with Gasteiger partial charge in [0.05, 0.1) is 0 Å². The summed E-state index contributed by atoms with van der Waals surface area (Å²) in [7, 11) is 0. The second-order valence-corrected chi connectivity index (χ2v) is 7.80. The predicted molar refractivity (Wildman–Crippen MR) is 77.0 cm³/mol. The first-order valence-corrected chi connectivity index (χ1v) is 7.53. The lowest BCUT2D eigenvalue weighted by Gasteiger charge is -2.33. The van der Waals surface area contributed by atoms with Crippen LogP contribution in [0.25, 0.3) is 0 Å². The summed E-state index contributed by atoms with van der Waals surface area (Å²) < 4.78 is 0. The molecule has 1 nitrogen and oxygen atoms in total. The van der Waals surface area contributed by atoms with E-state index >= 15 is 0 Å². The monoisotopic (exact) mass is 239 g/mol. The Morgan fingerprint density at radius 2 is 1.88 bits per heavy atom. The van der Waals surface area contributed by atoms with Gasteiger partial charge in [-0.05, 0) is 48.9 Å². The van der Waals surface area contributed by atoms with Crippen molar-refractivity contribution >= 4 is 0 Å². The Hall–Kier alpha value is -0.0400. The van der Waals surface area contributed by atoms with Gasteiger partial charge in [-0.25, -0.2) is 0 Å². The van der Waals surface area contributed by atoms with Gasteiger partial charge in [-0.15, -0.1) is 0 Å². The zero-order valence-corrected chi connectivity index (χ0v) is 12.6. The first kappa shape index (κ1) is 15.0. The largest absolute Gasteiger partial charge is 0.327 e. The van der Waals surface area contributed by atoms with Crippen molar-refractivity contribution in [2.45, 2.75) is 79.2 Å². The molecule has 0 saturated heterocycles. The lowest BCUT2D eigenvalue weighted by molar-refractivity contribution is 0.209.